The van der Waals surface area contributed by atoms with Gasteiger partial charge in [0.2, 0.25) is 0 Å². The van der Waals surface area contributed by atoms with E-state index < -0.39 is 0 Å². The Hall–Kier alpha value is -1.26. The number of allylic oxidation sites excluding steroid dienone is 1. The van der Waals surface area contributed by atoms with Crippen LogP contribution in [0.1, 0.15) is 12.5 Å². The Bertz CT molecular complexity index is 437. The molecular weight excluding hydrogens is 220 g/mol. The Morgan fingerprint density at radius 3 is 2.56 bits per heavy atom. The third-order valence-electron chi connectivity index (χ3n) is 2.44. The summed E-state index contributed by atoms with van der Waals surface area (Å²) in [5.74, 6) is 0.860. The van der Waals surface area contributed by atoms with Crippen LogP contribution in [0.25, 0.3) is 5.57 Å². The van der Waals surface area contributed by atoms with Gasteiger partial charge in [-0.25, -0.2) is 0 Å². The Balaban J connectivity index is 2.28. The van der Waals surface area contributed by atoms with E-state index in [1.165, 1.54) is 11.8 Å². The molecule has 1 aromatic rings. The smallest absolute Gasteiger partial charge is 0.148 e. The zero-order valence-corrected chi connectivity index (χ0v) is 10.1. The predicted octanol–water partition coefficient (Wildman–Crippen LogP) is 2.49. The molecule has 1 aromatic carbocycles. The van der Waals surface area contributed by atoms with E-state index in [4.69, 9.17) is 10.5 Å². The molecule has 0 fully saturated rings. The molecule has 0 radical (unpaired) electrons. The van der Waals surface area contributed by atoms with Crippen LogP contribution in [-0.2, 0) is 0 Å². The fourth-order valence-corrected chi connectivity index (χ4v) is 2.36. The van der Waals surface area contributed by atoms with Crippen LogP contribution < -0.4 is 10.5 Å². The summed E-state index contributed by atoms with van der Waals surface area (Å²) in [6, 6.07) is 7.95. The van der Waals surface area contributed by atoms with Crippen LogP contribution >= 0.6 is 11.8 Å². The standard InChI is InChI=1S/C12H14N2OS/c1-8-11(7-16-12(13)14-8)9-3-5-10(15-2)6-4-9/h3-7,12H,13H2,1-2H3. The first kappa shape index (κ1) is 11.2. The predicted molar refractivity (Wildman–Crippen MR) is 69.6 cm³/mol. The number of rotatable bonds is 2. The lowest BCUT2D eigenvalue weighted by Gasteiger charge is -2.16. The van der Waals surface area contributed by atoms with Crippen molar-refractivity contribution < 1.29 is 4.74 Å². The van der Waals surface area contributed by atoms with Gasteiger partial charge in [-0.1, -0.05) is 23.9 Å². The highest BCUT2D eigenvalue weighted by atomic mass is 32.2. The summed E-state index contributed by atoms with van der Waals surface area (Å²) >= 11 is 1.53. The molecule has 0 aromatic heterocycles. The SMILES string of the molecule is COc1ccc(C2=CSC(N)N=C2C)cc1. The summed E-state index contributed by atoms with van der Waals surface area (Å²) in [6.45, 7) is 1.98. The molecule has 4 heteroatoms. The summed E-state index contributed by atoms with van der Waals surface area (Å²) in [7, 11) is 1.66. The number of hydrogen-bond donors (Lipinski definition) is 1. The van der Waals surface area contributed by atoms with Gasteiger partial charge in [0.1, 0.15) is 11.2 Å². The molecular formula is C12H14N2OS. The third-order valence-corrected chi connectivity index (χ3v) is 3.19. The van der Waals surface area contributed by atoms with Crippen molar-refractivity contribution in [2.75, 3.05) is 7.11 Å². The van der Waals surface area contributed by atoms with Gasteiger partial charge in [0.15, 0.2) is 0 Å². The van der Waals surface area contributed by atoms with Gasteiger partial charge in [0.25, 0.3) is 0 Å². The number of aliphatic imine (C=N–C) groups is 1. The van der Waals surface area contributed by atoms with E-state index in [1.807, 2.05) is 31.2 Å². The summed E-state index contributed by atoms with van der Waals surface area (Å²) in [5, 5.41) is 2.06. The first-order valence-electron chi connectivity index (χ1n) is 5.01. The van der Waals surface area contributed by atoms with Crippen molar-refractivity contribution in [2.45, 2.75) is 12.4 Å². The average Bonchev–Trinajstić information content (AvgIpc) is 2.29. The maximum absolute atomic E-state index is 5.72. The van der Waals surface area contributed by atoms with E-state index in [0.717, 1.165) is 22.6 Å². The van der Waals surface area contributed by atoms with E-state index in [0.29, 0.717) is 0 Å². The maximum Gasteiger partial charge on any atom is 0.148 e. The zero-order valence-electron chi connectivity index (χ0n) is 9.31. The number of benzene rings is 1. The normalized spacial score (nSPS) is 20.1. The molecule has 0 spiro atoms. The fourth-order valence-electron chi connectivity index (χ4n) is 1.56. The Morgan fingerprint density at radius 2 is 2.00 bits per heavy atom. The molecule has 0 saturated carbocycles. The Kier molecular flexibility index (Phi) is 3.31. The molecule has 0 bridgehead atoms. The van der Waals surface area contributed by atoms with Gasteiger partial charge in [0, 0.05) is 11.3 Å². The highest BCUT2D eigenvalue weighted by Crippen LogP contribution is 2.27. The summed E-state index contributed by atoms with van der Waals surface area (Å²) in [6.07, 6.45) is 0. The van der Waals surface area contributed by atoms with Crippen LogP contribution in [0, 0.1) is 0 Å². The lowest BCUT2D eigenvalue weighted by Crippen LogP contribution is -2.17. The number of thioether (sulfide) groups is 1. The minimum Gasteiger partial charge on any atom is -0.497 e. The third kappa shape index (κ3) is 2.28. The van der Waals surface area contributed by atoms with Gasteiger partial charge in [-0.3, -0.25) is 4.99 Å². The lowest BCUT2D eigenvalue weighted by atomic mass is 10.0. The van der Waals surface area contributed by atoms with Crippen molar-refractivity contribution >= 4 is 23.0 Å². The molecule has 1 heterocycles. The second-order valence-electron chi connectivity index (χ2n) is 3.50. The zero-order chi connectivity index (χ0) is 11.5. The molecule has 84 valence electrons. The maximum atomic E-state index is 5.72. The molecule has 1 aliphatic rings. The molecule has 2 N–H and O–H groups in total. The van der Waals surface area contributed by atoms with Crippen LogP contribution in [-0.4, -0.2) is 18.3 Å². The van der Waals surface area contributed by atoms with E-state index >= 15 is 0 Å². The monoisotopic (exact) mass is 234 g/mol. The molecule has 1 aliphatic heterocycles. The van der Waals surface area contributed by atoms with Crippen molar-refractivity contribution in [1.82, 2.24) is 0 Å². The van der Waals surface area contributed by atoms with E-state index in [-0.39, 0.29) is 5.50 Å². The second-order valence-corrected chi connectivity index (χ2v) is 4.49. The molecule has 0 aliphatic carbocycles. The lowest BCUT2D eigenvalue weighted by molar-refractivity contribution is 0.415. The highest BCUT2D eigenvalue weighted by Gasteiger charge is 2.12. The number of ether oxygens (including phenoxy) is 1. The van der Waals surface area contributed by atoms with Gasteiger partial charge in [0.05, 0.1) is 7.11 Å². The van der Waals surface area contributed by atoms with Crippen molar-refractivity contribution in [1.29, 1.82) is 0 Å². The van der Waals surface area contributed by atoms with Crippen LogP contribution in [0.15, 0.2) is 34.7 Å². The van der Waals surface area contributed by atoms with Crippen molar-refractivity contribution in [3.05, 3.63) is 35.2 Å². The quantitative estimate of drug-likeness (QED) is 0.855. The molecule has 2 rings (SSSR count). The van der Waals surface area contributed by atoms with Crippen LogP contribution in [0.5, 0.6) is 5.75 Å². The minimum atomic E-state index is -0.165. The Morgan fingerprint density at radius 1 is 1.31 bits per heavy atom. The van der Waals surface area contributed by atoms with Gasteiger partial charge in [-0.05, 0) is 30.0 Å². The molecule has 0 amide bonds. The van der Waals surface area contributed by atoms with Gasteiger partial charge < -0.3 is 10.5 Å². The molecule has 0 saturated heterocycles. The number of methoxy groups -OCH3 is 1. The van der Waals surface area contributed by atoms with Crippen LogP contribution in [0.3, 0.4) is 0 Å². The second kappa shape index (κ2) is 4.72. The minimum absolute atomic E-state index is 0.165. The van der Waals surface area contributed by atoms with Gasteiger partial charge >= 0.3 is 0 Å². The Labute approximate surface area is 99.4 Å². The molecule has 3 nitrogen and oxygen atoms in total. The van der Waals surface area contributed by atoms with Gasteiger partial charge in [-0.15, -0.1) is 0 Å². The van der Waals surface area contributed by atoms with E-state index in [9.17, 15) is 0 Å². The van der Waals surface area contributed by atoms with Crippen LogP contribution in [0.2, 0.25) is 0 Å². The topological polar surface area (TPSA) is 47.6 Å². The average molecular weight is 234 g/mol. The van der Waals surface area contributed by atoms with Crippen molar-refractivity contribution in [2.24, 2.45) is 10.7 Å². The first-order chi connectivity index (χ1) is 7.70. The number of nitrogens with two attached hydrogens (primary N) is 1. The summed E-state index contributed by atoms with van der Waals surface area (Å²) in [4.78, 5) is 4.34. The van der Waals surface area contributed by atoms with Gasteiger partial charge in [-0.2, -0.15) is 0 Å². The summed E-state index contributed by atoms with van der Waals surface area (Å²) in [5.41, 5.74) is 8.81. The largest absolute Gasteiger partial charge is 0.497 e. The van der Waals surface area contributed by atoms with E-state index in [2.05, 4.69) is 10.4 Å². The van der Waals surface area contributed by atoms with Crippen LogP contribution in [0.4, 0.5) is 0 Å². The van der Waals surface area contributed by atoms with Crippen molar-refractivity contribution in [3.8, 4) is 5.75 Å². The summed E-state index contributed by atoms with van der Waals surface area (Å²) < 4.78 is 5.13. The molecule has 1 unspecified atom stereocenters. The van der Waals surface area contributed by atoms with E-state index in [1.54, 1.807) is 7.11 Å². The number of nitrogens with zero attached hydrogens (tertiary/aromatic N) is 1. The highest BCUT2D eigenvalue weighted by molar-refractivity contribution is 8.02. The fraction of sp³-hybridized carbons (Fsp3) is 0.250. The molecule has 1 atom stereocenters. The van der Waals surface area contributed by atoms with Crippen molar-refractivity contribution in [3.63, 3.8) is 0 Å². The molecule has 16 heavy (non-hydrogen) atoms. The number of hydrogen-bond acceptors (Lipinski definition) is 4. The first-order valence-corrected chi connectivity index (χ1v) is 5.95.